The van der Waals surface area contributed by atoms with Gasteiger partial charge in [-0.25, -0.2) is 0 Å². The molecule has 2 aromatic heterocycles. The van der Waals surface area contributed by atoms with Gasteiger partial charge in [0.15, 0.2) is 0 Å². The number of ether oxygens (including phenoxy) is 2. The summed E-state index contributed by atoms with van der Waals surface area (Å²) in [6, 6.07) is 18.0. The van der Waals surface area contributed by atoms with Gasteiger partial charge < -0.3 is 19.8 Å². The number of H-pyrrole nitrogens is 1. The molecule has 1 atom stereocenters. The highest BCUT2D eigenvalue weighted by atomic mass is 35.5. The maximum Gasteiger partial charge on any atom is 0.253 e. The lowest BCUT2D eigenvalue weighted by atomic mass is 10.1. The normalized spacial score (nSPS) is 11.6. The van der Waals surface area contributed by atoms with E-state index in [0.29, 0.717) is 33.2 Å². The molecule has 0 aliphatic rings. The summed E-state index contributed by atoms with van der Waals surface area (Å²) in [7, 11) is 1.51. The quantitative estimate of drug-likeness (QED) is 0.392. The molecular formula is C25H21ClN4O3. The fourth-order valence-electron chi connectivity index (χ4n) is 3.51. The van der Waals surface area contributed by atoms with Crippen molar-refractivity contribution in [3.63, 3.8) is 0 Å². The second kappa shape index (κ2) is 9.63. The van der Waals surface area contributed by atoms with Gasteiger partial charge in [-0.15, -0.1) is 0 Å². The third kappa shape index (κ3) is 4.76. The number of nitrogens with zero attached hydrogens (tertiary/aromatic N) is 2. The van der Waals surface area contributed by atoms with Gasteiger partial charge in [0.2, 0.25) is 0 Å². The molecule has 0 aliphatic carbocycles. The second-order valence-corrected chi connectivity index (χ2v) is 7.78. The molecule has 166 valence electrons. The van der Waals surface area contributed by atoms with Crippen LogP contribution in [0.15, 0.2) is 65.6 Å². The molecule has 0 aliphatic heterocycles. The van der Waals surface area contributed by atoms with Crippen LogP contribution >= 0.6 is 11.6 Å². The van der Waals surface area contributed by atoms with Crippen LogP contribution in [0.3, 0.4) is 0 Å². The third-order valence-corrected chi connectivity index (χ3v) is 5.60. The monoisotopic (exact) mass is 460 g/mol. The summed E-state index contributed by atoms with van der Waals surface area (Å²) >= 11 is 6.53. The predicted molar refractivity (Wildman–Crippen MR) is 128 cm³/mol. The van der Waals surface area contributed by atoms with Crippen LogP contribution in [0.5, 0.6) is 11.5 Å². The molecule has 2 N–H and O–H groups in total. The number of fused-ring (bicyclic) bond motifs is 1. The van der Waals surface area contributed by atoms with E-state index >= 15 is 0 Å². The van der Waals surface area contributed by atoms with Crippen molar-refractivity contribution < 1.29 is 9.47 Å². The Morgan fingerprint density at radius 2 is 2.03 bits per heavy atom. The first-order valence-electron chi connectivity index (χ1n) is 10.2. The van der Waals surface area contributed by atoms with Crippen LogP contribution in [0.25, 0.3) is 10.9 Å². The average molecular weight is 461 g/mol. The number of nitriles is 1. The number of rotatable bonds is 7. The summed E-state index contributed by atoms with van der Waals surface area (Å²) in [6.45, 7) is 2.15. The van der Waals surface area contributed by atoms with E-state index in [4.69, 9.17) is 26.3 Å². The van der Waals surface area contributed by atoms with E-state index in [-0.39, 0.29) is 18.2 Å². The van der Waals surface area contributed by atoms with Crippen molar-refractivity contribution in [1.29, 1.82) is 5.26 Å². The van der Waals surface area contributed by atoms with Crippen molar-refractivity contribution in [2.75, 3.05) is 12.4 Å². The lowest BCUT2D eigenvalue weighted by Crippen LogP contribution is -2.19. The number of hydrogen-bond acceptors (Lipinski definition) is 6. The van der Waals surface area contributed by atoms with E-state index in [1.54, 1.807) is 36.5 Å². The highest BCUT2D eigenvalue weighted by Gasteiger charge is 2.15. The highest BCUT2D eigenvalue weighted by molar-refractivity contribution is 6.36. The maximum absolute atomic E-state index is 12.9. The van der Waals surface area contributed by atoms with Gasteiger partial charge in [-0.2, -0.15) is 5.26 Å². The van der Waals surface area contributed by atoms with Gasteiger partial charge in [0, 0.05) is 28.9 Å². The molecule has 0 saturated carbocycles. The number of hydrogen-bond donors (Lipinski definition) is 2. The van der Waals surface area contributed by atoms with Gasteiger partial charge >= 0.3 is 0 Å². The van der Waals surface area contributed by atoms with Crippen molar-refractivity contribution in [1.82, 2.24) is 9.97 Å². The van der Waals surface area contributed by atoms with Crippen LogP contribution in [0, 0.1) is 11.3 Å². The Labute approximate surface area is 195 Å². The minimum absolute atomic E-state index is 0.258. The van der Waals surface area contributed by atoms with Crippen LogP contribution in [-0.4, -0.2) is 17.1 Å². The zero-order valence-corrected chi connectivity index (χ0v) is 18.8. The smallest absolute Gasteiger partial charge is 0.253 e. The highest BCUT2D eigenvalue weighted by Crippen LogP contribution is 2.33. The number of nitrogens with one attached hydrogen (secondary N) is 2. The molecule has 0 radical (unpaired) electrons. The molecule has 2 aromatic carbocycles. The molecule has 0 amide bonds. The van der Waals surface area contributed by atoms with Crippen LogP contribution in [-0.2, 0) is 6.61 Å². The van der Waals surface area contributed by atoms with Crippen molar-refractivity contribution >= 4 is 28.2 Å². The summed E-state index contributed by atoms with van der Waals surface area (Å²) in [4.78, 5) is 20.0. The Morgan fingerprint density at radius 3 is 2.76 bits per heavy atom. The molecule has 7 nitrogen and oxygen atoms in total. The third-order valence-electron chi connectivity index (χ3n) is 5.22. The number of methoxy groups -OCH3 is 1. The molecular weight excluding hydrogens is 440 g/mol. The number of pyridine rings is 2. The Kier molecular flexibility index (Phi) is 6.48. The lowest BCUT2D eigenvalue weighted by Gasteiger charge is -2.17. The number of benzene rings is 2. The molecule has 0 saturated heterocycles. The number of halogens is 1. The second-order valence-electron chi connectivity index (χ2n) is 7.40. The number of anilines is 1. The molecule has 8 heteroatoms. The average Bonchev–Trinajstić information content (AvgIpc) is 2.84. The van der Waals surface area contributed by atoms with Gasteiger partial charge in [-0.3, -0.25) is 9.78 Å². The summed E-state index contributed by atoms with van der Waals surface area (Å²) in [5.41, 5.74) is 2.74. The van der Waals surface area contributed by atoms with Crippen molar-refractivity contribution in [2.24, 2.45) is 0 Å². The first kappa shape index (κ1) is 22.2. The van der Waals surface area contributed by atoms with Gasteiger partial charge in [0.25, 0.3) is 5.56 Å². The van der Waals surface area contributed by atoms with E-state index in [2.05, 4.69) is 21.4 Å². The van der Waals surface area contributed by atoms with Gasteiger partial charge in [-0.05, 0) is 49.4 Å². The summed E-state index contributed by atoms with van der Waals surface area (Å²) < 4.78 is 11.1. The topological polar surface area (TPSA) is 100 Å². The van der Waals surface area contributed by atoms with Crippen LogP contribution in [0.4, 0.5) is 5.69 Å². The van der Waals surface area contributed by atoms with Crippen molar-refractivity contribution in [3.05, 3.63) is 93.0 Å². The lowest BCUT2D eigenvalue weighted by molar-refractivity contribution is 0.302. The fraction of sp³-hybridized carbons (Fsp3) is 0.160. The zero-order chi connectivity index (χ0) is 23.4. The molecule has 4 aromatic rings. The first-order chi connectivity index (χ1) is 16.0. The molecule has 2 heterocycles. The standard InChI is InChI=1S/C25H21ClN4O3/c1-15(29-18-8-6-17(13-27)22(12-18)32-2)20-11-16-7-9-21(23(26)24(16)30-25(20)31)33-14-19-5-3-4-10-28-19/h3-12,15,29H,14H2,1-2H3,(H,30,31)/t15-/m0/s1. The summed E-state index contributed by atoms with van der Waals surface area (Å²) in [5, 5.41) is 13.6. The molecule has 33 heavy (non-hydrogen) atoms. The SMILES string of the molecule is COc1cc(N[C@@H](C)c2cc3ccc(OCc4ccccn4)c(Cl)c3[nH]c2=O)ccc1C#N. The predicted octanol–water partition coefficient (Wildman–Crippen LogP) is 5.21. The largest absolute Gasteiger partial charge is 0.495 e. The first-order valence-corrected chi connectivity index (χ1v) is 10.6. The van der Waals surface area contributed by atoms with Crippen LogP contribution in [0.1, 0.15) is 29.8 Å². The number of aromatic nitrogens is 2. The molecule has 0 spiro atoms. The molecule has 0 bridgehead atoms. The number of aromatic amines is 1. The molecule has 0 unspecified atom stereocenters. The maximum atomic E-state index is 12.9. The summed E-state index contributed by atoms with van der Waals surface area (Å²) in [6.07, 6.45) is 1.70. The van der Waals surface area contributed by atoms with Gasteiger partial charge in [0.1, 0.15) is 29.2 Å². The van der Waals surface area contributed by atoms with Crippen molar-refractivity contribution in [3.8, 4) is 17.6 Å². The molecule has 0 fully saturated rings. The van der Waals surface area contributed by atoms with Crippen LogP contribution < -0.4 is 20.3 Å². The van der Waals surface area contributed by atoms with E-state index in [1.807, 2.05) is 31.2 Å². The molecule has 4 rings (SSSR count). The van der Waals surface area contributed by atoms with Crippen molar-refractivity contribution in [2.45, 2.75) is 19.6 Å². The van der Waals surface area contributed by atoms with Gasteiger partial charge in [-0.1, -0.05) is 17.7 Å². The Balaban J connectivity index is 1.58. The van der Waals surface area contributed by atoms with E-state index in [9.17, 15) is 4.79 Å². The Bertz CT molecular complexity index is 1400. The van der Waals surface area contributed by atoms with Crippen LogP contribution in [0.2, 0.25) is 5.02 Å². The minimum atomic E-state index is -0.311. The fourth-order valence-corrected chi connectivity index (χ4v) is 3.78. The Hall–Kier alpha value is -4.02. The minimum Gasteiger partial charge on any atom is -0.495 e. The zero-order valence-electron chi connectivity index (χ0n) is 18.1. The van der Waals surface area contributed by atoms with Gasteiger partial charge in [0.05, 0.1) is 29.9 Å². The van der Waals surface area contributed by atoms with E-state index in [1.165, 1.54) is 7.11 Å². The Morgan fingerprint density at radius 1 is 1.18 bits per heavy atom. The van der Waals surface area contributed by atoms with E-state index in [0.717, 1.165) is 16.8 Å². The summed E-state index contributed by atoms with van der Waals surface area (Å²) in [5.74, 6) is 0.932. The van der Waals surface area contributed by atoms with E-state index < -0.39 is 0 Å².